The van der Waals surface area contributed by atoms with Gasteiger partial charge in [0.25, 0.3) is 5.84 Å². The Kier molecular flexibility index (Phi) is 6.59. The van der Waals surface area contributed by atoms with Crippen LogP contribution in [-0.4, -0.2) is 16.2 Å². The zero-order valence-corrected chi connectivity index (χ0v) is 25.2. The first-order chi connectivity index (χ1) is 22.2. The highest BCUT2D eigenvalue weighted by Crippen LogP contribution is 2.43. The standard InChI is InChI=1S/C40H28N4S/c41-39(28-15-6-2-7-16-28)44(40(42)29-17-8-3-9-18-29)32-20-12-19-31(26-32)43-34-22-11-10-21-33(34)37-35(43)24-23-30-25-36(45-38(30)37)27-13-4-1-5-14-27/h1-26,41-42H/p+1. The minimum Gasteiger partial charge on any atom is -0.309 e. The van der Waals surface area contributed by atoms with Gasteiger partial charge >= 0.3 is 0 Å². The molecule has 2 aromatic heterocycles. The fourth-order valence-corrected chi connectivity index (χ4v) is 7.42. The van der Waals surface area contributed by atoms with Gasteiger partial charge in [-0.25, -0.2) is 0 Å². The number of nitrogens with two attached hydrogens (primary N) is 1. The molecule has 0 aliphatic rings. The Morgan fingerprint density at radius 3 is 2.04 bits per heavy atom. The van der Waals surface area contributed by atoms with Crippen LogP contribution in [0.2, 0.25) is 0 Å². The van der Waals surface area contributed by atoms with Gasteiger partial charge in [-0.15, -0.1) is 11.3 Å². The van der Waals surface area contributed by atoms with Crippen LogP contribution < -0.4 is 10.3 Å². The molecule has 0 radical (unpaired) electrons. The van der Waals surface area contributed by atoms with Gasteiger partial charge in [0.05, 0.1) is 22.3 Å². The maximum absolute atomic E-state index is 9.29. The summed E-state index contributed by atoms with van der Waals surface area (Å²) in [7, 11) is 0. The van der Waals surface area contributed by atoms with Crippen molar-refractivity contribution in [2.45, 2.75) is 0 Å². The van der Waals surface area contributed by atoms with Crippen LogP contribution in [0.15, 0.2) is 158 Å². The van der Waals surface area contributed by atoms with Crippen molar-refractivity contribution < 1.29 is 5.41 Å². The predicted molar refractivity (Wildman–Crippen MR) is 190 cm³/mol. The third-order valence-corrected chi connectivity index (χ3v) is 9.52. The normalized spacial score (nSPS) is 11.3. The molecule has 8 rings (SSSR count). The number of para-hydroxylation sites is 1. The summed E-state index contributed by atoms with van der Waals surface area (Å²) < 4.78 is 3.62. The minimum absolute atomic E-state index is 0.310. The van der Waals surface area contributed by atoms with Gasteiger partial charge in [-0.3, -0.25) is 10.8 Å². The lowest BCUT2D eigenvalue weighted by Gasteiger charge is -2.19. The van der Waals surface area contributed by atoms with E-state index in [4.69, 9.17) is 5.41 Å². The SMILES string of the molecule is N=C(c1ccccc1)N(C(=[NH2+])c1ccccc1)c1cccc(-n2c3ccccc3c3c4sc(-c5ccccc5)cc4ccc32)c1. The fourth-order valence-electron chi connectivity index (χ4n) is 6.19. The average molecular weight is 598 g/mol. The van der Waals surface area contributed by atoms with Crippen LogP contribution in [0.3, 0.4) is 0 Å². The van der Waals surface area contributed by atoms with Gasteiger partial charge in [0.1, 0.15) is 5.69 Å². The number of hydrogen-bond donors (Lipinski definition) is 2. The molecule has 214 valence electrons. The van der Waals surface area contributed by atoms with Gasteiger partial charge in [0.2, 0.25) is 5.84 Å². The summed E-state index contributed by atoms with van der Waals surface area (Å²) in [4.78, 5) is 3.10. The van der Waals surface area contributed by atoms with E-state index >= 15 is 0 Å². The monoisotopic (exact) mass is 597 g/mol. The van der Waals surface area contributed by atoms with Gasteiger partial charge in [0, 0.05) is 32.0 Å². The van der Waals surface area contributed by atoms with Gasteiger partial charge in [-0.05, 0) is 65.5 Å². The minimum atomic E-state index is 0.310. The first-order valence-electron chi connectivity index (χ1n) is 14.9. The van der Waals surface area contributed by atoms with Crippen molar-refractivity contribution in [1.82, 2.24) is 4.57 Å². The van der Waals surface area contributed by atoms with Gasteiger partial charge in [-0.2, -0.15) is 4.90 Å². The van der Waals surface area contributed by atoms with E-state index in [-0.39, 0.29) is 0 Å². The molecular formula is C40H29N4S+. The molecule has 0 fully saturated rings. The van der Waals surface area contributed by atoms with Gasteiger partial charge < -0.3 is 4.57 Å². The van der Waals surface area contributed by atoms with E-state index in [1.807, 2.05) is 89.0 Å². The second-order valence-corrected chi connectivity index (χ2v) is 12.1. The van der Waals surface area contributed by atoms with Crippen LogP contribution in [0, 0.1) is 5.41 Å². The van der Waals surface area contributed by atoms with Crippen molar-refractivity contribution in [3.05, 3.63) is 169 Å². The Hall–Kier alpha value is -5.78. The Morgan fingerprint density at radius 2 is 1.29 bits per heavy atom. The number of nitrogens with zero attached hydrogens (tertiary/aromatic N) is 2. The Balaban J connectivity index is 1.32. The molecule has 0 unspecified atom stereocenters. The molecule has 0 saturated heterocycles. The second-order valence-electron chi connectivity index (χ2n) is 11.0. The first kappa shape index (κ1) is 26.8. The van der Waals surface area contributed by atoms with Gasteiger partial charge in [-0.1, -0.05) is 97.1 Å². The lowest BCUT2D eigenvalue weighted by Crippen LogP contribution is -2.54. The summed E-state index contributed by atoms with van der Waals surface area (Å²) in [5.74, 6) is 0.808. The maximum atomic E-state index is 9.29. The molecule has 8 aromatic rings. The van der Waals surface area contributed by atoms with Gasteiger partial charge in [0.15, 0.2) is 0 Å². The largest absolute Gasteiger partial charge is 0.309 e. The number of benzene rings is 6. The first-order valence-corrected chi connectivity index (χ1v) is 15.7. The molecule has 3 N–H and O–H groups in total. The summed E-state index contributed by atoms with van der Waals surface area (Å²) >= 11 is 1.84. The molecule has 4 nitrogen and oxygen atoms in total. The van der Waals surface area contributed by atoms with Crippen molar-refractivity contribution in [3.63, 3.8) is 0 Å². The van der Waals surface area contributed by atoms with E-state index in [2.05, 4.69) is 89.5 Å². The molecule has 0 bridgehead atoms. The van der Waals surface area contributed by atoms with Crippen LogP contribution in [0.1, 0.15) is 11.1 Å². The predicted octanol–water partition coefficient (Wildman–Crippen LogP) is 8.70. The quantitative estimate of drug-likeness (QED) is 0.151. The number of hydrogen-bond acceptors (Lipinski definition) is 2. The molecule has 2 heterocycles. The third-order valence-electron chi connectivity index (χ3n) is 8.31. The van der Waals surface area contributed by atoms with E-state index in [1.165, 1.54) is 31.3 Å². The van der Waals surface area contributed by atoms with E-state index in [0.717, 1.165) is 33.5 Å². The number of amidine groups is 2. The third kappa shape index (κ3) is 4.62. The number of thiophene rings is 1. The number of rotatable bonds is 5. The highest BCUT2D eigenvalue weighted by Gasteiger charge is 2.29. The number of anilines is 1. The van der Waals surface area contributed by atoms with E-state index in [9.17, 15) is 5.41 Å². The fraction of sp³-hybridized carbons (Fsp3) is 0. The lowest BCUT2D eigenvalue weighted by atomic mass is 10.1. The summed E-state index contributed by atoms with van der Waals surface area (Å²) in [6, 6.07) is 53.9. The molecule has 0 spiro atoms. The second kappa shape index (κ2) is 11.1. The van der Waals surface area contributed by atoms with Crippen LogP contribution in [0.5, 0.6) is 0 Å². The molecule has 0 atom stereocenters. The highest BCUT2D eigenvalue weighted by atomic mass is 32.1. The van der Waals surface area contributed by atoms with Crippen molar-refractivity contribution in [2.75, 3.05) is 4.90 Å². The van der Waals surface area contributed by atoms with Crippen molar-refractivity contribution >= 4 is 60.6 Å². The summed E-state index contributed by atoms with van der Waals surface area (Å²) in [5.41, 5.74) is 6.98. The molecule has 0 saturated carbocycles. The van der Waals surface area contributed by atoms with Crippen molar-refractivity contribution in [1.29, 1.82) is 5.41 Å². The van der Waals surface area contributed by atoms with E-state index < -0.39 is 0 Å². The van der Waals surface area contributed by atoms with E-state index in [0.29, 0.717) is 11.7 Å². The molecule has 45 heavy (non-hydrogen) atoms. The van der Waals surface area contributed by atoms with Crippen molar-refractivity contribution in [3.8, 4) is 16.1 Å². The number of fused-ring (bicyclic) bond motifs is 5. The van der Waals surface area contributed by atoms with Crippen LogP contribution in [0.4, 0.5) is 5.69 Å². The Morgan fingerprint density at radius 1 is 0.622 bits per heavy atom. The summed E-state index contributed by atoms with van der Waals surface area (Å²) in [5, 5.41) is 19.9. The van der Waals surface area contributed by atoms with Crippen molar-refractivity contribution in [2.24, 2.45) is 0 Å². The molecule has 0 aliphatic carbocycles. The Bertz CT molecular complexity index is 2300. The molecular weight excluding hydrogens is 569 g/mol. The molecule has 5 heteroatoms. The summed E-state index contributed by atoms with van der Waals surface area (Å²) in [6.45, 7) is 0. The number of aromatic nitrogens is 1. The maximum Gasteiger partial charge on any atom is 0.286 e. The topological polar surface area (TPSA) is 57.6 Å². The zero-order valence-electron chi connectivity index (χ0n) is 24.4. The number of nitrogens with one attached hydrogen (secondary N) is 1. The highest BCUT2D eigenvalue weighted by molar-refractivity contribution is 7.23. The van der Waals surface area contributed by atoms with Crippen LogP contribution in [0.25, 0.3) is 48.0 Å². The zero-order chi connectivity index (χ0) is 30.3. The van der Waals surface area contributed by atoms with Crippen LogP contribution >= 0.6 is 11.3 Å². The smallest absolute Gasteiger partial charge is 0.286 e. The molecule has 0 aliphatic heterocycles. The van der Waals surface area contributed by atoms with E-state index in [1.54, 1.807) is 0 Å². The van der Waals surface area contributed by atoms with Crippen LogP contribution in [-0.2, 0) is 0 Å². The lowest BCUT2D eigenvalue weighted by molar-refractivity contribution is -0.113. The average Bonchev–Trinajstić information content (AvgIpc) is 3.69. The molecule has 6 aromatic carbocycles. The Labute approximate surface area is 265 Å². The molecule has 0 amide bonds. The summed E-state index contributed by atoms with van der Waals surface area (Å²) in [6.07, 6.45) is 0.